The number of hydrogen-bond acceptors (Lipinski definition) is 3. The van der Waals surface area contributed by atoms with Crippen LogP contribution in [0.3, 0.4) is 0 Å². The second-order valence-electron chi connectivity index (χ2n) is 5.11. The van der Waals surface area contributed by atoms with Crippen molar-refractivity contribution >= 4 is 0 Å². The Kier molecular flexibility index (Phi) is 7.53. The first-order chi connectivity index (χ1) is 9.19. The molecule has 1 atom stereocenters. The Hall–Kier alpha value is -1.06. The molecular formula is C16H28N2O. The van der Waals surface area contributed by atoms with Gasteiger partial charge in [-0.15, -0.1) is 0 Å². The molecule has 1 N–H and O–H groups in total. The number of nitrogens with one attached hydrogen (secondary N) is 1. The molecule has 3 nitrogen and oxygen atoms in total. The summed E-state index contributed by atoms with van der Waals surface area (Å²) < 4.78 is 5.46. The first-order valence-corrected chi connectivity index (χ1v) is 7.24. The summed E-state index contributed by atoms with van der Waals surface area (Å²) in [4.78, 5) is 2.39. The smallest absolute Gasteiger partial charge is 0.119 e. The highest BCUT2D eigenvalue weighted by molar-refractivity contribution is 5.27. The van der Waals surface area contributed by atoms with Crippen LogP contribution in [-0.2, 0) is 6.54 Å². The SMILES string of the molecule is CCOc1ccc(CN(C)CC(CC)CNC)cc1. The molecule has 1 aromatic rings. The third-order valence-corrected chi connectivity index (χ3v) is 3.33. The van der Waals surface area contributed by atoms with Crippen molar-refractivity contribution in [1.29, 1.82) is 0 Å². The molecule has 1 rings (SSSR count). The van der Waals surface area contributed by atoms with Crippen LogP contribution in [0.4, 0.5) is 0 Å². The van der Waals surface area contributed by atoms with E-state index in [-0.39, 0.29) is 0 Å². The highest BCUT2D eigenvalue weighted by Crippen LogP contribution is 2.14. The molecule has 108 valence electrons. The minimum absolute atomic E-state index is 0.720. The number of hydrogen-bond donors (Lipinski definition) is 1. The molecule has 0 heterocycles. The van der Waals surface area contributed by atoms with Crippen molar-refractivity contribution in [2.24, 2.45) is 5.92 Å². The van der Waals surface area contributed by atoms with E-state index in [1.165, 1.54) is 12.0 Å². The quantitative estimate of drug-likeness (QED) is 0.742. The summed E-state index contributed by atoms with van der Waals surface area (Å²) in [6, 6.07) is 8.41. The van der Waals surface area contributed by atoms with Crippen LogP contribution < -0.4 is 10.1 Å². The van der Waals surface area contributed by atoms with Gasteiger partial charge in [-0.05, 0) is 51.2 Å². The minimum atomic E-state index is 0.720. The summed E-state index contributed by atoms with van der Waals surface area (Å²) >= 11 is 0. The van der Waals surface area contributed by atoms with Crippen LogP contribution >= 0.6 is 0 Å². The number of rotatable bonds is 9. The molecule has 1 aromatic carbocycles. The van der Waals surface area contributed by atoms with E-state index in [1.54, 1.807) is 0 Å². The van der Waals surface area contributed by atoms with Crippen LogP contribution in [0.1, 0.15) is 25.8 Å². The maximum Gasteiger partial charge on any atom is 0.119 e. The largest absolute Gasteiger partial charge is 0.494 e. The lowest BCUT2D eigenvalue weighted by Crippen LogP contribution is -2.30. The van der Waals surface area contributed by atoms with E-state index < -0.39 is 0 Å². The van der Waals surface area contributed by atoms with Gasteiger partial charge in [-0.3, -0.25) is 0 Å². The predicted octanol–water partition coefficient (Wildman–Crippen LogP) is 2.76. The molecule has 0 aliphatic carbocycles. The lowest BCUT2D eigenvalue weighted by molar-refractivity contribution is 0.261. The van der Waals surface area contributed by atoms with Crippen LogP contribution in [-0.4, -0.2) is 38.7 Å². The zero-order valence-electron chi connectivity index (χ0n) is 12.8. The van der Waals surface area contributed by atoms with E-state index in [0.717, 1.165) is 37.9 Å². The summed E-state index contributed by atoms with van der Waals surface area (Å²) in [5.74, 6) is 1.67. The highest BCUT2D eigenvalue weighted by Gasteiger charge is 2.09. The number of nitrogens with zero attached hydrogens (tertiary/aromatic N) is 1. The van der Waals surface area contributed by atoms with Crippen LogP contribution in [0.5, 0.6) is 5.75 Å². The Labute approximate surface area is 118 Å². The minimum Gasteiger partial charge on any atom is -0.494 e. The van der Waals surface area contributed by atoms with Gasteiger partial charge in [0.05, 0.1) is 6.61 Å². The van der Waals surface area contributed by atoms with Crippen LogP contribution in [0.2, 0.25) is 0 Å². The van der Waals surface area contributed by atoms with Gasteiger partial charge in [-0.1, -0.05) is 25.5 Å². The lowest BCUT2D eigenvalue weighted by atomic mass is 10.1. The Balaban J connectivity index is 2.44. The zero-order chi connectivity index (χ0) is 14.1. The molecule has 0 fully saturated rings. The van der Waals surface area contributed by atoms with Gasteiger partial charge in [0.2, 0.25) is 0 Å². The summed E-state index contributed by atoms with van der Waals surface area (Å²) in [7, 11) is 4.21. The van der Waals surface area contributed by atoms with Gasteiger partial charge in [0.15, 0.2) is 0 Å². The lowest BCUT2D eigenvalue weighted by Gasteiger charge is -2.23. The van der Waals surface area contributed by atoms with Crippen molar-refractivity contribution in [3.05, 3.63) is 29.8 Å². The van der Waals surface area contributed by atoms with Gasteiger partial charge in [0, 0.05) is 13.1 Å². The molecule has 3 heteroatoms. The first-order valence-electron chi connectivity index (χ1n) is 7.24. The Morgan fingerprint density at radius 2 is 1.89 bits per heavy atom. The fourth-order valence-corrected chi connectivity index (χ4v) is 2.30. The van der Waals surface area contributed by atoms with Gasteiger partial charge in [0.25, 0.3) is 0 Å². The van der Waals surface area contributed by atoms with Gasteiger partial charge in [-0.25, -0.2) is 0 Å². The second-order valence-corrected chi connectivity index (χ2v) is 5.11. The molecule has 0 bridgehead atoms. The normalized spacial score (nSPS) is 12.7. The molecule has 0 aliphatic rings. The molecule has 0 saturated heterocycles. The standard InChI is InChI=1S/C16H28N2O/c1-5-14(11-17-3)12-18(4)13-15-7-9-16(10-8-15)19-6-2/h7-10,14,17H,5-6,11-13H2,1-4H3. The van der Waals surface area contributed by atoms with Crippen molar-refractivity contribution < 1.29 is 4.74 Å². The fraction of sp³-hybridized carbons (Fsp3) is 0.625. The Morgan fingerprint density at radius 3 is 2.42 bits per heavy atom. The highest BCUT2D eigenvalue weighted by atomic mass is 16.5. The number of benzene rings is 1. The second kappa shape index (κ2) is 8.94. The maximum atomic E-state index is 5.46. The molecule has 0 aliphatic heterocycles. The first kappa shape index (κ1) is 16.0. The van der Waals surface area contributed by atoms with Crippen molar-refractivity contribution in [2.75, 3.05) is 33.8 Å². The van der Waals surface area contributed by atoms with Crippen molar-refractivity contribution in [2.45, 2.75) is 26.8 Å². The Morgan fingerprint density at radius 1 is 1.21 bits per heavy atom. The van der Waals surface area contributed by atoms with E-state index >= 15 is 0 Å². The molecule has 0 amide bonds. The van der Waals surface area contributed by atoms with E-state index in [2.05, 4.69) is 48.5 Å². The molecule has 0 radical (unpaired) electrons. The number of ether oxygens (including phenoxy) is 1. The van der Waals surface area contributed by atoms with E-state index in [4.69, 9.17) is 4.74 Å². The van der Waals surface area contributed by atoms with Gasteiger partial charge in [0.1, 0.15) is 5.75 Å². The summed E-state index contributed by atoms with van der Waals surface area (Å²) in [6.45, 7) is 8.20. The summed E-state index contributed by atoms with van der Waals surface area (Å²) in [5.41, 5.74) is 1.34. The van der Waals surface area contributed by atoms with Crippen molar-refractivity contribution in [1.82, 2.24) is 10.2 Å². The fourth-order valence-electron chi connectivity index (χ4n) is 2.30. The van der Waals surface area contributed by atoms with Crippen LogP contribution in [0.15, 0.2) is 24.3 Å². The topological polar surface area (TPSA) is 24.5 Å². The van der Waals surface area contributed by atoms with Crippen LogP contribution in [0, 0.1) is 5.92 Å². The predicted molar refractivity (Wildman–Crippen MR) is 81.7 cm³/mol. The third kappa shape index (κ3) is 6.08. The van der Waals surface area contributed by atoms with Crippen molar-refractivity contribution in [3.8, 4) is 5.75 Å². The molecule has 19 heavy (non-hydrogen) atoms. The molecular weight excluding hydrogens is 236 g/mol. The average molecular weight is 264 g/mol. The summed E-state index contributed by atoms with van der Waals surface area (Å²) in [5, 5.41) is 3.27. The van der Waals surface area contributed by atoms with E-state index in [0.29, 0.717) is 0 Å². The van der Waals surface area contributed by atoms with Gasteiger partial charge >= 0.3 is 0 Å². The molecule has 0 spiro atoms. The molecule has 1 unspecified atom stereocenters. The van der Waals surface area contributed by atoms with E-state index in [1.807, 2.05) is 14.0 Å². The Bertz CT molecular complexity index is 337. The zero-order valence-corrected chi connectivity index (χ0v) is 12.8. The van der Waals surface area contributed by atoms with Crippen LogP contribution in [0.25, 0.3) is 0 Å². The van der Waals surface area contributed by atoms with E-state index in [9.17, 15) is 0 Å². The van der Waals surface area contributed by atoms with Gasteiger partial charge in [-0.2, -0.15) is 0 Å². The van der Waals surface area contributed by atoms with Crippen molar-refractivity contribution in [3.63, 3.8) is 0 Å². The monoisotopic (exact) mass is 264 g/mol. The summed E-state index contributed by atoms with van der Waals surface area (Å²) in [6.07, 6.45) is 1.22. The molecule has 0 aromatic heterocycles. The maximum absolute atomic E-state index is 5.46. The van der Waals surface area contributed by atoms with Gasteiger partial charge < -0.3 is 15.0 Å². The third-order valence-electron chi connectivity index (χ3n) is 3.33. The average Bonchev–Trinajstić information content (AvgIpc) is 2.41. The molecule has 0 saturated carbocycles.